The van der Waals surface area contributed by atoms with Gasteiger partial charge < -0.3 is 19.4 Å². The summed E-state index contributed by atoms with van der Waals surface area (Å²) in [6, 6.07) is 6.47. The Labute approximate surface area is 173 Å². The molecule has 0 aliphatic carbocycles. The maximum atomic E-state index is 13.8. The molecule has 160 valence electrons. The van der Waals surface area contributed by atoms with Crippen molar-refractivity contribution in [2.24, 2.45) is 0 Å². The van der Waals surface area contributed by atoms with Crippen molar-refractivity contribution in [2.45, 2.75) is 57.3 Å². The summed E-state index contributed by atoms with van der Waals surface area (Å²) in [6.07, 6.45) is -0.454. The Morgan fingerprint density at radius 3 is 2.37 bits per heavy atom. The zero-order valence-corrected chi connectivity index (χ0v) is 17.3. The van der Waals surface area contributed by atoms with Crippen molar-refractivity contribution >= 4 is 18.7 Å². The summed E-state index contributed by atoms with van der Waals surface area (Å²) >= 11 is 0. The molecule has 1 aromatic carbocycles. The molecule has 1 atom stereocenters. The molecule has 2 aromatic rings. The van der Waals surface area contributed by atoms with Gasteiger partial charge in [0.1, 0.15) is 5.82 Å². The first-order valence-corrected chi connectivity index (χ1v) is 9.77. The molecule has 2 fully saturated rings. The summed E-state index contributed by atoms with van der Waals surface area (Å²) in [6.45, 7) is 7.12. The second-order valence-corrected chi connectivity index (χ2v) is 8.88. The standard InChI is InChI=1S/C20H24BF2N3O4/c1-18(2)19(3,4)30-21(29-18)13-7-5-12(6-8-13)14-10-24-16(25-14)15-9-20(22,23)11-26(15)17(27)28/h5-8,10,15H,9,11H2,1-4H3,(H,24,25)(H,27,28). The van der Waals surface area contributed by atoms with Gasteiger partial charge in [-0.25, -0.2) is 18.6 Å². The Balaban J connectivity index is 1.53. The average Bonchev–Trinajstić information content (AvgIpc) is 3.30. The number of rotatable bonds is 3. The highest BCUT2D eigenvalue weighted by atomic mass is 19.3. The third-order valence-electron chi connectivity index (χ3n) is 6.17. The van der Waals surface area contributed by atoms with E-state index in [9.17, 15) is 18.7 Å². The van der Waals surface area contributed by atoms with Gasteiger partial charge in [0.05, 0.1) is 35.7 Å². The molecule has 0 saturated carbocycles. The topological polar surface area (TPSA) is 87.7 Å². The highest BCUT2D eigenvalue weighted by Gasteiger charge is 2.52. The molecule has 0 bridgehead atoms. The predicted octanol–water partition coefficient (Wildman–Crippen LogP) is 3.44. The highest BCUT2D eigenvalue weighted by Crippen LogP contribution is 2.40. The van der Waals surface area contributed by atoms with E-state index in [1.165, 1.54) is 6.20 Å². The number of carbonyl (C=O) groups is 1. The van der Waals surface area contributed by atoms with Gasteiger partial charge in [-0.2, -0.15) is 0 Å². The molecule has 2 saturated heterocycles. The first kappa shape index (κ1) is 20.8. The number of aromatic amines is 1. The molecule has 1 aromatic heterocycles. The number of benzene rings is 1. The third kappa shape index (κ3) is 3.58. The van der Waals surface area contributed by atoms with Gasteiger partial charge in [0.15, 0.2) is 0 Å². The molecule has 2 aliphatic rings. The van der Waals surface area contributed by atoms with Gasteiger partial charge in [-0.1, -0.05) is 24.3 Å². The van der Waals surface area contributed by atoms with Gasteiger partial charge in [-0.3, -0.25) is 4.90 Å². The van der Waals surface area contributed by atoms with Crippen LogP contribution in [-0.4, -0.2) is 56.9 Å². The Hall–Kier alpha value is -2.46. The van der Waals surface area contributed by atoms with Gasteiger partial charge in [-0.05, 0) is 38.7 Å². The Morgan fingerprint density at radius 1 is 1.20 bits per heavy atom. The second kappa shape index (κ2) is 6.78. The maximum Gasteiger partial charge on any atom is 0.494 e. The van der Waals surface area contributed by atoms with Crippen LogP contribution in [-0.2, 0) is 9.31 Å². The van der Waals surface area contributed by atoms with Crippen molar-refractivity contribution in [1.29, 1.82) is 0 Å². The van der Waals surface area contributed by atoms with Crippen molar-refractivity contribution in [1.82, 2.24) is 14.9 Å². The van der Waals surface area contributed by atoms with Gasteiger partial charge in [0.25, 0.3) is 5.92 Å². The number of hydrogen-bond acceptors (Lipinski definition) is 4. The van der Waals surface area contributed by atoms with Crippen LogP contribution in [0.1, 0.15) is 46.0 Å². The van der Waals surface area contributed by atoms with Gasteiger partial charge in [0.2, 0.25) is 0 Å². The molecule has 3 heterocycles. The van der Waals surface area contributed by atoms with Crippen LogP contribution in [0.4, 0.5) is 13.6 Å². The fourth-order valence-electron chi connectivity index (χ4n) is 3.71. The van der Waals surface area contributed by atoms with E-state index in [0.29, 0.717) is 5.69 Å². The largest absolute Gasteiger partial charge is 0.494 e. The van der Waals surface area contributed by atoms with E-state index in [4.69, 9.17) is 9.31 Å². The minimum absolute atomic E-state index is 0.208. The van der Waals surface area contributed by atoms with E-state index in [0.717, 1.165) is 15.9 Å². The van der Waals surface area contributed by atoms with E-state index in [1.54, 1.807) is 0 Å². The number of aromatic nitrogens is 2. The lowest BCUT2D eigenvalue weighted by molar-refractivity contribution is 0.00578. The van der Waals surface area contributed by atoms with Crippen molar-refractivity contribution < 1.29 is 28.0 Å². The van der Waals surface area contributed by atoms with Crippen LogP contribution in [0, 0.1) is 0 Å². The lowest BCUT2D eigenvalue weighted by atomic mass is 9.79. The van der Waals surface area contributed by atoms with Crippen molar-refractivity contribution in [3.63, 3.8) is 0 Å². The molecular formula is C20H24BF2N3O4. The van der Waals surface area contributed by atoms with Crippen LogP contribution in [0.2, 0.25) is 0 Å². The zero-order valence-electron chi connectivity index (χ0n) is 17.3. The van der Waals surface area contributed by atoms with Crippen LogP contribution in [0.3, 0.4) is 0 Å². The number of halogens is 2. The first-order chi connectivity index (χ1) is 13.9. The zero-order chi connectivity index (χ0) is 21.9. The molecule has 2 aliphatic heterocycles. The van der Waals surface area contributed by atoms with Crippen molar-refractivity contribution in [3.8, 4) is 11.3 Å². The van der Waals surface area contributed by atoms with Crippen molar-refractivity contribution in [3.05, 3.63) is 36.3 Å². The fourth-order valence-corrected chi connectivity index (χ4v) is 3.71. The van der Waals surface area contributed by atoms with E-state index in [-0.39, 0.29) is 5.82 Å². The number of amides is 1. The Kier molecular flexibility index (Phi) is 4.70. The molecule has 0 radical (unpaired) electrons. The molecule has 2 N–H and O–H groups in total. The lowest BCUT2D eigenvalue weighted by Crippen LogP contribution is -2.41. The summed E-state index contributed by atoms with van der Waals surface area (Å²) < 4.78 is 39.6. The molecule has 1 unspecified atom stereocenters. The van der Waals surface area contributed by atoms with Gasteiger partial charge in [-0.15, -0.1) is 0 Å². The maximum absolute atomic E-state index is 13.8. The number of H-pyrrole nitrogens is 1. The van der Waals surface area contributed by atoms with E-state index < -0.39 is 49.3 Å². The summed E-state index contributed by atoms with van der Waals surface area (Å²) in [5.74, 6) is -2.86. The number of hydrogen-bond donors (Lipinski definition) is 2. The summed E-state index contributed by atoms with van der Waals surface area (Å²) in [4.78, 5) is 19.2. The SMILES string of the molecule is CC1(C)OB(c2ccc(-c3cnc(C4CC(F)(F)CN4C(=O)O)[nH]3)cc2)OC1(C)C. The molecule has 0 spiro atoms. The minimum atomic E-state index is -3.07. The Morgan fingerprint density at radius 2 is 1.80 bits per heavy atom. The molecule has 30 heavy (non-hydrogen) atoms. The fraction of sp³-hybridized carbons (Fsp3) is 0.500. The predicted molar refractivity (Wildman–Crippen MR) is 107 cm³/mol. The molecule has 4 rings (SSSR count). The third-order valence-corrected chi connectivity index (χ3v) is 6.17. The summed E-state index contributed by atoms with van der Waals surface area (Å²) in [5, 5.41) is 9.24. The highest BCUT2D eigenvalue weighted by molar-refractivity contribution is 6.62. The van der Waals surface area contributed by atoms with Crippen LogP contribution in [0.15, 0.2) is 30.5 Å². The first-order valence-electron chi connectivity index (χ1n) is 9.77. The van der Waals surface area contributed by atoms with Gasteiger partial charge in [0, 0.05) is 6.42 Å². The quantitative estimate of drug-likeness (QED) is 0.745. The summed E-state index contributed by atoms with van der Waals surface area (Å²) in [7, 11) is -0.480. The Bertz CT molecular complexity index is 945. The summed E-state index contributed by atoms with van der Waals surface area (Å²) in [5.41, 5.74) is 1.40. The number of likely N-dealkylation sites (tertiary alicyclic amines) is 1. The number of nitrogens with one attached hydrogen (secondary N) is 1. The molecular weight excluding hydrogens is 395 g/mol. The number of carboxylic acid groups (broad SMARTS) is 1. The van der Waals surface area contributed by atoms with Crippen LogP contribution < -0.4 is 5.46 Å². The van der Waals surface area contributed by atoms with Crippen LogP contribution in [0.5, 0.6) is 0 Å². The average molecular weight is 419 g/mol. The van der Waals surface area contributed by atoms with E-state index in [1.807, 2.05) is 52.0 Å². The number of nitrogens with zero attached hydrogens (tertiary/aromatic N) is 2. The number of alkyl halides is 2. The van der Waals surface area contributed by atoms with Crippen molar-refractivity contribution in [2.75, 3.05) is 6.54 Å². The minimum Gasteiger partial charge on any atom is -0.465 e. The number of imidazole rings is 1. The smallest absolute Gasteiger partial charge is 0.465 e. The molecule has 7 nitrogen and oxygen atoms in total. The van der Waals surface area contributed by atoms with E-state index >= 15 is 0 Å². The molecule has 10 heteroatoms. The lowest BCUT2D eigenvalue weighted by Gasteiger charge is -2.32. The second-order valence-electron chi connectivity index (χ2n) is 8.88. The normalized spacial score (nSPS) is 24.4. The van der Waals surface area contributed by atoms with E-state index in [2.05, 4.69) is 9.97 Å². The molecule has 1 amide bonds. The van der Waals surface area contributed by atoms with Crippen LogP contribution in [0.25, 0.3) is 11.3 Å². The van der Waals surface area contributed by atoms with Gasteiger partial charge >= 0.3 is 13.2 Å². The van der Waals surface area contributed by atoms with Crippen LogP contribution >= 0.6 is 0 Å². The monoisotopic (exact) mass is 419 g/mol.